The first kappa shape index (κ1) is 16.6. The monoisotopic (exact) mass is 304 g/mol. The Kier molecular flexibility index (Phi) is 7.79. The maximum Gasteiger partial charge on any atom is 0.0474 e. The fraction of sp³-hybridized carbons (Fsp3) is 0.111. The molecular weight excluding hydrogens is 287 g/mol. The molecule has 0 aliphatic carbocycles. The largest absolute Gasteiger partial charge is 0.122 e. The van der Waals surface area contributed by atoms with Crippen LogP contribution in [-0.4, -0.2) is 0 Å². The number of alkyl halides is 2. The number of halogens is 2. The predicted octanol–water partition coefficient (Wildman–Crippen LogP) is 6.14. The number of hydrogen-bond donors (Lipinski definition) is 0. The standard InChI is InChI=1S/2C9H9Cl/c1-2-8-3-5-9(7-10)6-4-8;1-2-8-4-3-5-9(6-8)7-10/h2*2-6H,1,7H2. The van der Waals surface area contributed by atoms with Gasteiger partial charge < -0.3 is 0 Å². The zero-order chi connectivity index (χ0) is 14.8. The van der Waals surface area contributed by atoms with Crippen LogP contribution in [0.25, 0.3) is 12.2 Å². The van der Waals surface area contributed by atoms with Gasteiger partial charge in [0.2, 0.25) is 0 Å². The Balaban J connectivity index is 0.000000200. The van der Waals surface area contributed by atoms with Crippen LogP contribution in [0.5, 0.6) is 0 Å². The SMILES string of the molecule is C=Cc1ccc(CCl)cc1.C=Cc1cccc(CCl)c1. The van der Waals surface area contributed by atoms with Crippen LogP contribution in [0, 0.1) is 0 Å². The van der Waals surface area contributed by atoms with Gasteiger partial charge in [-0.05, 0) is 22.3 Å². The van der Waals surface area contributed by atoms with E-state index >= 15 is 0 Å². The summed E-state index contributed by atoms with van der Waals surface area (Å²) in [5, 5.41) is 0. The van der Waals surface area contributed by atoms with Crippen molar-refractivity contribution >= 4 is 35.4 Å². The normalized spacial score (nSPS) is 9.30. The summed E-state index contributed by atoms with van der Waals surface area (Å²) < 4.78 is 0. The minimum absolute atomic E-state index is 0.571. The Bertz CT molecular complexity index is 542. The molecule has 0 spiro atoms. The van der Waals surface area contributed by atoms with E-state index in [-0.39, 0.29) is 0 Å². The van der Waals surface area contributed by atoms with Crippen molar-refractivity contribution in [3.8, 4) is 0 Å². The van der Waals surface area contributed by atoms with Crippen LogP contribution >= 0.6 is 23.2 Å². The fourth-order valence-electron chi connectivity index (χ4n) is 1.55. The average Bonchev–Trinajstić information content (AvgIpc) is 2.55. The Labute approximate surface area is 131 Å². The Morgan fingerprint density at radius 2 is 1.35 bits per heavy atom. The molecule has 0 heterocycles. The summed E-state index contributed by atoms with van der Waals surface area (Å²) in [4.78, 5) is 0. The molecule has 0 saturated carbocycles. The first-order chi connectivity index (χ1) is 9.73. The lowest BCUT2D eigenvalue weighted by Crippen LogP contribution is -1.77. The Hall–Kier alpha value is -1.50. The van der Waals surface area contributed by atoms with Gasteiger partial charge in [-0.25, -0.2) is 0 Å². The second-order valence-electron chi connectivity index (χ2n) is 4.16. The zero-order valence-corrected chi connectivity index (χ0v) is 12.9. The van der Waals surface area contributed by atoms with Crippen molar-refractivity contribution in [2.75, 3.05) is 0 Å². The van der Waals surface area contributed by atoms with E-state index in [4.69, 9.17) is 23.2 Å². The van der Waals surface area contributed by atoms with E-state index in [1.54, 1.807) is 0 Å². The number of benzene rings is 2. The highest BCUT2D eigenvalue weighted by molar-refractivity contribution is 6.17. The highest BCUT2D eigenvalue weighted by Gasteiger charge is 1.89. The molecule has 0 aliphatic heterocycles. The van der Waals surface area contributed by atoms with E-state index < -0.39 is 0 Å². The smallest absolute Gasteiger partial charge is 0.0474 e. The molecule has 104 valence electrons. The third-order valence-electron chi connectivity index (χ3n) is 2.71. The summed E-state index contributed by atoms with van der Waals surface area (Å²) in [6, 6.07) is 16.0. The summed E-state index contributed by atoms with van der Waals surface area (Å²) in [6.07, 6.45) is 3.63. The minimum Gasteiger partial charge on any atom is -0.122 e. The highest BCUT2D eigenvalue weighted by Crippen LogP contribution is 2.08. The molecule has 0 amide bonds. The van der Waals surface area contributed by atoms with E-state index in [1.807, 2.05) is 60.7 Å². The topological polar surface area (TPSA) is 0 Å². The average molecular weight is 305 g/mol. The van der Waals surface area contributed by atoms with Crippen molar-refractivity contribution in [3.63, 3.8) is 0 Å². The molecule has 0 saturated heterocycles. The molecular formula is C18H18Cl2. The molecule has 2 rings (SSSR count). The summed E-state index contributed by atoms with van der Waals surface area (Å²) in [7, 11) is 0. The van der Waals surface area contributed by atoms with E-state index in [1.165, 1.54) is 0 Å². The van der Waals surface area contributed by atoms with E-state index in [0.717, 1.165) is 22.3 Å². The third kappa shape index (κ3) is 5.64. The second-order valence-corrected chi connectivity index (χ2v) is 4.70. The molecule has 0 radical (unpaired) electrons. The van der Waals surface area contributed by atoms with Crippen molar-refractivity contribution in [2.45, 2.75) is 11.8 Å². The lowest BCUT2D eigenvalue weighted by atomic mass is 10.1. The van der Waals surface area contributed by atoms with Crippen LogP contribution < -0.4 is 0 Å². The van der Waals surface area contributed by atoms with Gasteiger partial charge in [-0.3, -0.25) is 0 Å². The first-order valence-electron chi connectivity index (χ1n) is 6.28. The van der Waals surface area contributed by atoms with Gasteiger partial charge in [-0.15, -0.1) is 23.2 Å². The van der Waals surface area contributed by atoms with Crippen LogP contribution in [-0.2, 0) is 11.8 Å². The summed E-state index contributed by atoms with van der Waals surface area (Å²) in [5.74, 6) is 1.15. The van der Waals surface area contributed by atoms with Crippen LogP contribution in [0.1, 0.15) is 22.3 Å². The van der Waals surface area contributed by atoms with Crippen LogP contribution in [0.3, 0.4) is 0 Å². The molecule has 0 atom stereocenters. The molecule has 0 aliphatic rings. The number of hydrogen-bond acceptors (Lipinski definition) is 0. The molecule has 0 bridgehead atoms. The van der Waals surface area contributed by atoms with Crippen molar-refractivity contribution < 1.29 is 0 Å². The summed E-state index contributed by atoms with van der Waals surface area (Å²) in [5.41, 5.74) is 4.54. The lowest BCUT2D eigenvalue weighted by Gasteiger charge is -1.95. The third-order valence-corrected chi connectivity index (χ3v) is 3.33. The second kappa shape index (κ2) is 9.41. The van der Waals surface area contributed by atoms with Gasteiger partial charge in [0.1, 0.15) is 0 Å². The van der Waals surface area contributed by atoms with Gasteiger partial charge in [0.05, 0.1) is 0 Å². The molecule has 2 aromatic rings. The lowest BCUT2D eigenvalue weighted by molar-refractivity contribution is 1.39. The fourth-order valence-corrected chi connectivity index (χ4v) is 1.89. The van der Waals surface area contributed by atoms with Crippen LogP contribution in [0.4, 0.5) is 0 Å². The Morgan fingerprint density at radius 3 is 1.85 bits per heavy atom. The van der Waals surface area contributed by atoms with Crippen molar-refractivity contribution in [1.29, 1.82) is 0 Å². The van der Waals surface area contributed by atoms with Crippen molar-refractivity contribution in [3.05, 3.63) is 83.9 Å². The maximum absolute atomic E-state index is 5.62. The van der Waals surface area contributed by atoms with Crippen LogP contribution in [0.2, 0.25) is 0 Å². The van der Waals surface area contributed by atoms with Gasteiger partial charge in [0.15, 0.2) is 0 Å². The molecule has 0 aromatic heterocycles. The number of rotatable bonds is 4. The van der Waals surface area contributed by atoms with E-state index in [9.17, 15) is 0 Å². The van der Waals surface area contributed by atoms with Gasteiger partial charge in [0.25, 0.3) is 0 Å². The van der Waals surface area contributed by atoms with Gasteiger partial charge in [-0.2, -0.15) is 0 Å². The molecule has 0 unspecified atom stereocenters. The summed E-state index contributed by atoms with van der Waals surface area (Å²) >= 11 is 11.2. The van der Waals surface area contributed by atoms with Gasteiger partial charge >= 0.3 is 0 Å². The van der Waals surface area contributed by atoms with Gasteiger partial charge in [0, 0.05) is 11.8 Å². The molecule has 20 heavy (non-hydrogen) atoms. The molecule has 0 fully saturated rings. The van der Waals surface area contributed by atoms with Crippen molar-refractivity contribution in [2.24, 2.45) is 0 Å². The zero-order valence-electron chi connectivity index (χ0n) is 11.4. The minimum atomic E-state index is 0.571. The quantitative estimate of drug-likeness (QED) is 0.595. The highest BCUT2D eigenvalue weighted by atomic mass is 35.5. The summed E-state index contributed by atoms with van der Waals surface area (Å²) in [6.45, 7) is 7.32. The molecule has 2 heteroatoms. The van der Waals surface area contributed by atoms with E-state index in [0.29, 0.717) is 11.8 Å². The van der Waals surface area contributed by atoms with Crippen LogP contribution in [0.15, 0.2) is 61.7 Å². The van der Waals surface area contributed by atoms with Gasteiger partial charge in [-0.1, -0.05) is 73.8 Å². The first-order valence-corrected chi connectivity index (χ1v) is 7.35. The molecule has 0 nitrogen and oxygen atoms in total. The van der Waals surface area contributed by atoms with Crippen molar-refractivity contribution in [1.82, 2.24) is 0 Å². The molecule has 2 aromatic carbocycles. The Morgan fingerprint density at radius 1 is 0.750 bits per heavy atom. The van der Waals surface area contributed by atoms with E-state index in [2.05, 4.69) is 13.2 Å². The predicted molar refractivity (Wildman–Crippen MR) is 92.2 cm³/mol. The molecule has 0 N–H and O–H groups in total. The maximum atomic E-state index is 5.62.